The molecule has 6 aliphatic rings. The second-order valence-corrected chi connectivity index (χ2v) is 35.2. The standard InChI is InChI=1S/C19H23N9O.C19H28N2O4.C14H20N2O2.C11H20N2O3.C11H22N2O2.C11H19NO4/c20-10-14(8-12-4-5-12)26-19-22-11-16(17(21)29)18(27-19)25-13-2-1-3-15(9-13)28-23-6-7-24-28;1-19(2,3)25-18(23)21-16(11-14-9-10-14)12-20-17(22)24-13-15-7-5-4-6-8-15;15-13(8-11-6-7-11)9-16-14(17)18-10-12-4-2-1-3-5-12;1-11(2,3)16-10(15)13-8(9(12)14)6-7-4-5-7;1-11(2,3)15-10(14)13-9(7-12)6-8-4-5-8;1-11(2,3)16-10(15)12-8(9(13)14)6-7-4-5-7/h1-3,6-7,9,11-12,14H,4-5,8,10,20H2,(H2,21,29)(H2,22,25,26,27);4-8,14,16H,9-13H2,1-3H3,(H,20,22)(H,21,23);1-5,11,13H,6-10,15H2,(H,16,17);7-8H,4-6H2,1-3H3,(H2,12,14)(H,13,15);8-9H,4-7,12H2,1-3H3,(H,13,14);7-8H,4-6H2,1-3H3,(H,12,15)(H,13,14)/t14-;16-;13-;8-;9-;8-/m111111/s1. The molecule has 0 saturated heterocycles. The Kier molecular flexibility index (Phi) is 39.1. The number of primary amides is 2. The Morgan fingerprint density at radius 1 is 0.479 bits per heavy atom. The Hall–Kier alpha value is -10.6. The first-order valence-corrected chi connectivity index (χ1v) is 41.4. The number of ether oxygens (including phenoxy) is 6. The quantitative estimate of drug-likeness (QED) is 0.0170. The van der Waals surface area contributed by atoms with E-state index in [0.717, 1.165) is 85.9 Å². The number of benzene rings is 3. The van der Waals surface area contributed by atoms with E-state index in [9.17, 15) is 43.2 Å². The molecule has 2 aromatic heterocycles. The van der Waals surface area contributed by atoms with Gasteiger partial charge in [0, 0.05) is 62.2 Å². The zero-order valence-electron chi connectivity index (χ0n) is 71.4. The molecule has 6 saturated carbocycles. The number of aromatic nitrogens is 5. The van der Waals surface area contributed by atoms with E-state index in [-0.39, 0.29) is 42.4 Å². The predicted octanol–water partition coefficient (Wildman–Crippen LogP) is 11.7. The van der Waals surface area contributed by atoms with Gasteiger partial charge in [0.25, 0.3) is 5.91 Å². The van der Waals surface area contributed by atoms with Crippen LogP contribution in [0.15, 0.2) is 104 Å². The van der Waals surface area contributed by atoms with Crippen molar-refractivity contribution in [1.82, 2.24) is 56.9 Å². The molecular weight excluding hydrogens is 1530 g/mol. The fraction of sp³-hybridized carbons (Fsp3) is 0.612. The predicted molar refractivity (Wildman–Crippen MR) is 451 cm³/mol. The maximum Gasteiger partial charge on any atom is 0.408 e. The van der Waals surface area contributed by atoms with E-state index in [1.807, 2.05) is 126 Å². The van der Waals surface area contributed by atoms with Gasteiger partial charge < -0.3 is 105 Å². The summed E-state index contributed by atoms with van der Waals surface area (Å²) in [5.41, 5.74) is 29.5. The number of alkyl carbamates (subject to hydrolysis) is 6. The van der Waals surface area contributed by atoms with Crippen molar-refractivity contribution in [2.45, 2.75) is 271 Å². The van der Waals surface area contributed by atoms with E-state index in [4.69, 9.17) is 62.2 Å². The minimum Gasteiger partial charge on any atom is -0.480 e. The van der Waals surface area contributed by atoms with E-state index in [1.165, 1.54) is 62.4 Å². The largest absolute Gasteiger partial charge is 0.480 e. The molecule has 6 fully saturated rings. The van der Waals surface area contributed by atoms with Gasteiger partial charge >= 0.3 is 42.5 Å². The molecule has 0 unspecified atom stereocenters. The Bertz CT molecular complexity index is 3890. The first kappa shape index (κ1) is 97.2. The van der Waals surface area contributed by atoms with E-state index in [2.05, 4.69) is 62.7 Å². The Morgan fingerprint density at radius 3 is 1.29 bits per heavy atom. The van der Waals surface area contributed by atoms with Crippen molar-refractivity contribution in [2.24, 2.45) is 64.2 Å². The van der Waals surface area contributed by atoms with Crippen molar-refractivity contribution in [1.29, 1.82) is 0 Å². The molecule has 119 heavy (non-hydrogen) atoms. The normalized spacial score (nSPS) is 16.2. The van der Waals surface area contributed by atoms with Crippen LogP contribution < -0.4 is 71.2 Å². The number of nitrogens with one attached hydrogen (secondary N) is 8. The van der Waals surface area contributed by atoms with Crippen LogP contribution in [0.5, 0.6) is 0 Å². The Morgan fingerprint density at radius 2 is 0.874 bits per heavy atom. The SMILES string of the molecule is CC(C)(C)OC(=O)N[C@@H](CN)CC1CC1.CC(C)(C)OC(=O)N[C@@H](CNC(=O)OCc1ccccc1)CC1CC1.CC(C)(C)OC(=O)N[C@H](CC1CC1)C(=O)O.CC(C)(C)OC(=O)N[C@H](CC1CC1)C(N)=O.NC[C@@H](CC1CC1)Nc1ncc(C(N)=O)c(Nc2cccc(-n3nccn3)c2)n1.N[C@@H](CNC(=O)OCc1ccccc1)CC1CC1. The number of hydrogen-bond donors (Lipinski definition) is 14. The molecule has 0 aliphatic heterocycles. The maximum absolute atomic E-state index is 11.9. The molecule has 5 aromatic rings. The summed E-state index contributed by atoms with van der Waals surface area (Å²) in [6.07, 6.45) is 20.8. The lowest BCUT2D eigenvalue weighted by Crippen LogP contribution is -2.46. The van der Waals surface area contributed by atoms with Crippen LogP contribution in [0.25, 0.3) is 5.69 Å². The smallest absolute Gasteiger partial charge is 0.408 e. The molecule has 6 aliphatic carbocycles. The third-order valence-electron chi connectivity index (χ3n) is 18.4. The van der Waals surface area contributed by atoms with E-state index in [1.54, 1.807) is 53.9 Å². The lowest BCUT2D eigenvalue weighted by Gasteiger charge is -2.24. The van der Waals surface area contributed by atoms with Crippen LogP contribution in [-0.4, -0.2) is 169 Å². The lowest BCUT2D eigenvalue weighted by molar-refractivity contribution is -0.139. The molecule has 6 atom stereocenters. The average molecular weight is 1660 g/mol. The third-order valence-corrected chi connectivity index (χ3v) is 18.4. The first-order chi connectivity index (χ1) is 56.1. The number of anilines is 3. The number of carbonyl (C=O) groups is 9. The molecule has 11 rings (SSSR count). The van der Waals surface area contributed by atoms with E-state index in [0.29, 0.717) is 80.8 Å². The van der Waals surface area contributed by atoms with Crippen LogP contribution in [0.3, 0.4) is 0 Å². The summed E-state index contributed by atoms with van der Waals surface area (Å²) in [6.45, 7) is 23.8. The van der Waals surface area contributed by atoms with Crippen molar-refractivity contribution in [3.63, 3.8) is 0 Å². The first-order valence-electron chi connectivity index (χ1n) is 41.4. The van der Waals surface area contributed by atoms with E-state index < -0.39 is 82.7 Å². The van der Waals surface area contributed by atoms with Crippen molar-refractivity contribution in [3.8, 4) is 5.69 Å². The molecule has 2 heterocycles. The van der Waals surface area contributed by atoms with Crippen LogP contribution in [-0.2, 0) is 51.2 Å². The molecule has 8 amide bonds. The van der Waals surface area contributed by atoms with Crippen LogP contribution in [0, 0.1) is 35.5 Å². The molecular formula is C85H132N18O16. The van der Waals surface area contributed by atoms with Gasteiger partial charge in [0.15, 0.2) is 0 Å². The van der Waals surface area contributed by atoms with Gasteiger partial charge in [-0.3, -0.25) is 9.59 Å². The number of rotatable bonds is 34. The number of carboxylic acids is 1. The average Bonchev–Trinajstić information content (AvgIpc) is 1.20. The summed E-state index contributed by atoms with van der Waals surface area (Å²) >= 11 is 0. The second kappa shape index (κ2) is 47.8. The highest BCUT2D eigenvalue weighted by Crippen LogP contribution is 2.37. The van der Waals surface area contributed by atoms with E-state index >= 15 is 0 Å². The number of nitrogens with zero attached hydrogens (tertiary/aromatic N) is 5. The number of amides is 8. The Balaban J connectivity index is 0.000000226. The molecule has 0 spiro atoms. The molecule has 658 valence electrons. The summed E-state index contributed by atoms with van der Waals surface area (Å²) in [7, 11) is 0. The van der Waals surface area contributed by atoms with Crippen molar-refractivity contribution in [2.75, 3.05) is 36.8 Å². The van der Waals surface area contributed by atoms with Gasteiger partial charge in [-0.25, -0.2) is 38.5 Å². The van der Waals surface area contributed by atoms with Gasteiger partial charge in [-0.05, 0) is 186 Å². The van der Waals surface area contributed by atoms with Crippen LogP contribution in [0.1, 0.15) is 220 Å². The monoisotopic (exact) mass is 1660 g/mol. The van der Waals surface area contributed by atoms with Gasteiger partial charge in [-0.2, -0.15) is 20.0 Å². The zero-order valence-corrected chi connectivity index (χ0v) is 71.4. The molecule has 0 bridgehead atoms. The molecule has 0 radical (unpaired) electrons. The third kappa shape index (κ3) is 45.8. The highest BCUT2D eigenvalue weighted by Gasteiger charge is 2.35. The summed E-state index contributed by atoms with van der Waals surface area (Å²) < 4.78 is 30.8. The lowest BCUT2D eigenvalue weighted by atomic mass is 10.1. The van der Waals surface area contributed by atoms with Gasteiger partial charge in [0.2, 0.25) is 11.9 Å². The maximum atomic E-state index is 11.9. The van der Waals surface area contributed by atoms with Crippen LogP contribution >= 0.6 is 0 Å². The number of aliphatic carboxylic acids is 1. The number of nitrogens with two attached hydrogens (primary N) is 5. The second-order valence-electron chi connectivity index (χ2n) is 35.2. The topological polar surface area (TPSA) is 512 Å². The fourth-order valence-corrected chi connectivity index (χ4v) is 11.5. The summed E-state index contributed by atoms with van der Waals surface area (Å²) in [4.78, 5) is 114. The fourth-order valence-electron chi connectivity index (χ4n) is 11.5. The molecule has 34 nitrogen and oxygen atoms in total. The van der Waals surface area contributed by atoms with Crippen molar-refractivity contribution in [3.05, 3.63) is 120 Å². The van der Waals surface area contributed by atoms with Crippen LogP contribution in [0.2, 0.25) is 0 Å². The summed E-state index contributed by atoms with van der Waals surface area (Å²) in [6, 6.07) is 25.1. The van der Waals surface area contributed by atoms with Gasteiger partial charge in [0.05, 0.1) is 18.1 Å². The molecule has 3 aromatic carbocycles. The highest BCUT2D eigenvalue weighted by molar-refractivity contribution is 5.98. The summed E-state index contributed by atoms with van der Waals surface area (Å²) in [5.74, 6) is 2.44. The molecule has 19 N–H and O–H groups in total. The van der Waals surface area contributed by atoms with Gasteiger partial charge in [0.1, 0.15) is 59.1 Å². The molecule has 34 heteroatoms. The van der Waals surface area contributed by atoms with Gasteiger partial charge in [-0.1, -0.05) is 144 Å². The minimum absolute atomic E-state index is 0.0433. The van der Waals surface area contributed by atoms with Crippen molar-refractivity contribution >= 4 is 71.8 Å². The minimum atomic E-state index is -1.00. The number of carbonyl (C=O) groups excluding carboxylic acids is 8. The number of hydrogen-bond acceptors (Lipinski definition) is 24. The zero-order chi connectivity index (χ0) is 87.5. The van der Waals surface area contributed by atoms with Crippen LogP contribution in [0.4, 0.5) is 46.2 Å². The summed E-state index contributed by atoms with van der Waals surface area (Å²) in [5, 5.41) is 39.5. The number of carboxylic acid groups (broad SMARTS) is 1. The Labute approximate surface area is 699 Å². The highest BCUT2D eigenvalue weighted by atomic mass is 16.6. The van der Waals surface area contributed by atoms with Gasteiger partial charge in [-0.15, -0.1) is 0 Å². The van der Waals surface area contributed by atoms with Crippen molar-refractivity contribution < 1.29 is 76.7 Å².